The number of benzene rings is 1. The molecule has 0 bridgehead atoms. The number of aromatic nitrogens is 3. The molecule has 1 aromatic carbocycles. The van der Waals surface area contributed by atoms with Gasteiger partial charge in [-0.25, -0.2) is 0 Å². The molecular weight excluding hydrogens is 309 g/mol. The summed E-state index contributed by atoms with van der Waals surface area (Å²) in [6, 6.07) is 5.70. The molecule has 0 saturated carbocycles. The molecule has 1 aliphatic heterocycles. The molecule has 7 heteroatoms. The highest BCUT2D eigenvalue weighted by molar-refractivity contribution is 6.31. The van der Waals surface area contributed by atoms with Crippen LogP contribution in [0.15, 0.2) is 18.2 Å². The van der Waals surface area contributed by atoms with Gasteiger partial charge in [-0.15, -0.1) is 0 Å². The number of aryl methyl sites for hydroxylation is 1. The van der Waals surface area contributed by atoms with Crippen molar-refractivity contribution in [2.45, 2.75) is 19.8 Å². The SMILES string of the molecule is Cc1ccc(Nc2nc(Cl)nc(N3CCCC3)n2)cc1Cl. The highest BCUT2D eigenvalue weighted by atomic mass is 35.5. The fourth-order valence-corrected chi connectivity index (χ4v) is 2.59. The van der Waals surface area contributed by atoms with Crippen LogP contribution >= 0.6 is 23.2 Å². The molecule has 1 fully saturated rings. The molecule has 0 radical (unpaired) electrons. The standard InChI is InChI=1S/C14H15Cl2N5/c1-9-4-5-10(8-11(9)15)17-13-18-12(16)19-14(20-13)21-6-2-3-7-21/h4-5,8H,2-3,6-7H2,1H3,(H,17,18,19,20). The van der Waals surface area contributed by atoms with E-state index in [1.807, 2.05) is 25.1 Å². The molecule has 1 aromatic heterocycles. The van der Waals surface area contributed by atoms with Gasteiger partial charge in [0.1, 0.15) is 0 Å². The van der Waals surface area contributed by atoms with E-state index < -0.39 is 0 Å². The quantitative estimate of drug-likeness (QED) is 0.930. The van der Waals surface area contributed by atoms with E-state index in [1.54, 1.807) is 0 Å². The number of rotatable bonds is 3. The first-order chi connectivity index (χ1) is 10.1. The van der Waals surface area contributed by atoms with Crippen molar-refractivity contribution in [3.8, 4) is 0 Å². The molecular formula is C14H15Cl2N5. The third-order valence-corrected chi connectivity index (χ3v) is 3.99. The average Bonchev–Trinajstić information content (AvgIpc) is 2.96. The Morgan fingerprint density at radius 1 is 1.10 bits per heavy atom. The third kappa shape index (κ3) is 3.36. The summed E-state index contributed by atoms with van der Waals surface area (Å²) in [5, 5.41) is 4.00. The van der Waals surface area contributed by atoms with E-state index in [0.717, 1.165) is 37.2 Å². The topological polar surface area (TPSA) is 53.9 Å². The second-order valence-electron chi connectivity index (χ2n) is 5.01. The van der Waals surface area contributed by atoms with Gasteiger partial charge in [0.15, 0.2) is 0 Å². The van der Waals surface area contributed by atoms with E-state index in [4.69, 9.17) is 23.2 Å². The number of hydrogen-bond donors (Lipinski definition) is 1. The molecule has 5 nitrogen and oxygen atoms in total. The fraction of sp³-hybridized carbons (Fsp3) is 0.357. The normalized spacial score (nSPS) is 14.5. The fourth-order valence-electron chi connectivity index (χ4n) is 2.25. The van der Waals surface area contributed by atoms with Crippen LogP contribution in [0.3, 0.4) is 0 Å². The molecule has 1 N–H and O–H groups in total. The largest absolute Gasteiger partial charge is 0.341 e. The lowest BCUT2D eigenvalue weighted by atomic mass is 10.2. The maximum atomic E-state index is 6.12. The van der Waals surface area contributed by atoms with Crippen molar-refractivity contribution in [3.05, 3.63) is 34.1 Å². The molecule has 0 unspecified atom stereocenters. The van der Waals surface area contributed by atoms with Gasteiger partial charge in [0.2, 0.25) is 17.2 Å². The maximum Gasteiger partial charge on any atom is 0.233 e. The summed E-state index contributed by atoms with van der Waals surface area (Å²) in [4.78, 5) is 14.8. The zero-order valence-corrected chi connectivity index (χ0v) is 13.1. The molecule has 3 rings (SSSR count). The Bertz CT molecular complexity index is 656. The minimum absolute atomic E-state index is 0.188. The molecule has 2 aromatic rings. The Labute approximate surface area is 133 Å². The first kappa shape index (κ1) is 14.4. The third-order valence-electron chi connectivity index (χ3n) is 3.41. The van der Waals surface area contributed by atoms with E-state index in [1.165, 1.54) is 0 Å². The highest BCUT2D eigenvalue weighted by Gasteiger charge is 2.17. The highest BCUT2D eigenvalue weighted by Crippen LogP contribution is 2.24. The first-order valence-electron chi connectivity index (χ1n) is 6.81. The van der Waals surface area contributed by atoms with Gasteiger partial charge in [-0.3, -0.25) is 0 Å². The molecule has 1 saturated heterocycles. The van der Waals surface area contributed by atoms with Crippen molar-refractivity contribution in [2.24, 2.45) is 0 Å². The van der Waals surface area contributed by atoms with Gasteiger partial charge in [0.05, 0.1) is 0 Å². The van der Waals surface area contributed by atoms with Crippen molar-refractivity contribution in [3.63, 3.8) is 0 Å². The molecule has 0 spiro atoms. The zero-order valence-electron chi connectivity index (χ0n) is 11.6. The predicted molar refractivity (Wildman–Crippen MR) is 85.8 cm³/mol. The first-order valence-corrected chi connectivity index (χ1v) is 7.57. The van der Waals surface area contributed by atoms with E-state index >= 15 is 0 Å². The summed E-state index contributed by atoms with van der Waals surface area (Å²) >= 11 is 12.1. The van der Waals surface area contributed by atoms with E-state index in [-0.39, 0.29) is 5.28 Å². The lowest BCUT2D eigenvalue weighted by molar-refractivity contribution is 0.883. The van der Waals surface area contributed by atoms with Gasteiger partial charge in [-0.05, 0) is 49.1 Å². The van der Waals surface area contributed by atoms with Gasteiger partial charge in [-0.1, -0.05) is 17.7 Å². The van der Waals surface area contributed by atoms with Gasteiger partial charge in [0, 0.05) is 23.8 Å². The van der Waals surface area contributed by atoms with Crippen LogP contribution < -0.4 is 10.2 Å². The van der Waals surface area contributed by atoms with Crippen LogP contribution in [0, 0.1) is 6.92 Å². The molecule has 2 heterocycles. The minimum Gasteiger partial charge on any atom is -0.341 e. The summed E-state index contributed by atoms with van der Waals surface area (Å²) in [6.45, 7) is 3.86. The van der Waals surface area contributed by atoms with Gasteiger partial charge >= 0.3 is 0 Å². The summed E-state index contributed by atoms with van der Waals surface area (Å²) in [7, 11) is 0. The Morgan fingerprint density at radius 3 is 2.57 bits per heavy atom. The smallest absolute Gasteiger partial charge is 0.233 e. The van der Waals surface area contributed by atoms with Gasteiger partial charge < -0.3 is 10.2 Å². The lowest BCUT2D eigenvalue weighted by Gasteiger charge is -2.15. The van der Waals surface area contributed by atoms with Crippen LogP contribution in [0.5, 0.6) is 0 Å². The summed E-state index contributed by atoms with van der Waals surface area (Å²) < 4.78 is 0. The Balaban J connectivity index is 1.85. The van der Waals surface area contributed by atoms with E-state index in [2.05, 4.69) is 25.2 Å². The molecule has 21 heavy (non-hydrogen) atoms. The number of halogens is 2. The number of nitrogens with one attached hydrogen (secondary N) is 1. The van der Waals surface area contributed by atoms with Crippen molar-refractivity contribution in [1.29, 1.82) is 0 Å². The van der Waals surface area contributed by atoms with E-state index in [0.29, 0.717) is 16.9 Å². The molecule has 0 aliphatic carbocycles. The number of hydrogen-bond acceptors (Lipinski definition) is 5. The van der Waals surface area contributed by atoms with Crippen molar-refractivity contribution >= 4 is 40.8 Å². The van der Waals surface area contributed by atoms with Crippen LogP contribution in [0.2, 0.25) is 10.3 Å². The second kappa shape index (κ2) is 6.03. The number of nitrogens with zero attached hydrogens (tertiary/aromatic N) is 4. The molecule has 0 atom stereocenters. The number of anilines is 3. The maximum absolute atomic E-state index is 6.12. The molecule has 110 valence electrons. The van der Waals surface area contributed by atoms with E-state index in [9.17, 15) is 0 Å². The van der Waals surface area contributed by atoms with Crippen LogP contribution in [0.25, 0.3) is 0 Å². The van der Waals surface area contributed by atoms with Gasteiger partial charge in [-0.2, -0.15) is 15.0 Å². The summed E-state index contributed by atoms with van der Waals surface area (Å²) in [5.74, 6) is 1.05. The lowest BCUT2D eigenvalue weighted by Crippen LogP contribution is -2.21. The predicted octanol–water partition coefficient (Wildman–Crippen LogP) is 3.83. The van der Waals surface area contributed by atoms with Crippen molar-refractivity contribution in [2.75, 3.05) is 23.3 Å². The van der Waals surface area contributed by atoms with Crippen LogP contribution in [-0.4, -0.2) is 28.0 Å². The average molecular weight is 324 g/mol. The van der Waals surface area contributed by atoms with Gasteiger partial charge in [0.25, 0.3) is 0 Å². The summed E-state index contributed by atoms with van der Waals surface area (Å²) in [5.41, 5.74) is 1.84. The van der Waals surface area contributed by atoms with Crippen LogP contribution in [-0.2, 0) is 0 Å². The van der Waals surface area contributed by atoms with Crippen molar-refractivity contribution in [1.82, 2.24) is 15.0 Å². The monoisotopic (exact) mass is 323 g/mol. The van der Waals surface area contributed by atoms with Crippen molar-refractivity contribution < 1.29 is 0 Å². The van der Waals surface area contributed by atoms with Crippen LogP contribution in [0.1, 0.15) is 18.4 Å². The molecule has 1 aliphatic rings. The minimum atomic E-state index is 0.188. The Kier molecular flexibility index (Phi) is 4.12. The Morgan fingerprint density at radius 2 is 1.86 bits per heavy atom. The summed E-state index contributed by atoms with van der Waals surface area (Å²) in [6.07, 6.45) is 2.30. The Hall–Kier alpha value is -1.59. The molecule has 0 amide bonds. The zero-order chi connectivity index (χ0) is 14.8. The second-order valence-corrected chi connectivity index (χ2v) is 5.76. The van der Waals surface area contributed by atoms with Crippen LogP contribution in [0.4, 0.5) is 17.6 Å².